The van der Waals surface area contributed by atoms with Crippen LogP contribution in [0.15, 0.2) is 54.1 Å². The number of amides is 2. The molecule has 3 N–H and O–H groups in total. The summed E-state index contributed by atoms with van der Waals surface area (Å²) in [5.74, 6) is -0.422. The molecule has 0 aromatic heterocycles. The van der Waals surface area contributed by atoms with Gasteiger partial charge in [-0.15, -0.1) is 0 Å². The second-order valence-electron chi connectivity index (χ2n) is 8.61. The second-order valence-corrected chi connectivity index (χ2v) is 8.61. The molecule has 2 aromatic rings. The quantitative estimate of drug-likeness (QED) is 0.709. The minimum Gasteiger partial charge on any atom is -0.366 e. The molecule has 0 unspecified atom stereocenters. The van der Waals surface area contributed by atoms with Crippen LogP contribution in [-0.4, -0.2) is 43.4 Å². The van der Waals surface area contributed by atoms with Crippen LogP contribution in [0, 0.1) is 13.8 Å². The molecule has 0 radical (unpaired) electrons. The first-order chi connectivity index (χ1) is 14.1. The van der Waals surface area contributed by atoms with Crippen LogP contribution in [-0.2, 0) is 16.6 Å². The summed E-state index contributed by atoms with van der Waals surface area (Å²) in [6, 6.07) is 13.9. The SMILES string of the molecule is Cc1cc(C(N)=O)cc(C)c1C[C@@H](CNC(=O)C1=C[C@@]1(C)c1ccccc1)N(C)C. The van der Waals surface area contributed by atoms with Crippen molar-refractivity contribution >= 4 is 11.8 Å². The molecule has 1 aliphatic carbocycles. The van der Waals surface area contributed by atoms with E-state index in [1.165, 1.54) is 5.56 Å². The molecule has 3 rings (SSSR count). The monoisotopic (exact) mass is 405 g/mol. The number of nitrogens with two attached hydrogens (primary N) is 1. The van der Waals surface area contributed by atoms with Crippen molar-refractivity contribution in [1.82, 2.24) is 10.2 Å². The minimum atomic E-state index is -0.414. The maximum absolute atomic E-state index is 12.8. The molecular weight excluding hydrogens is 374 g/mol. The third kappa shape index (κ3) is 4.46. The fourth-order valence-electron chi connectivity index (χ4n) is 4.01. The second kappa shape index (κ2) is 8.44. The summed E-state index contributed by atoms with van der Waals surface area (Å²) >= 11 is 0. The number of likely N-dealkylation sites (N-methyl/N-ethyl adjacent to an activating group) is 1. The van der Waals surface area contributed by atoms with Crippen LogP contribution in [0.2, 0.25) is 0 Å². The van der Waals surface area contributed by atoms with Crippen LogP contribution in [0.4, 0.5) is 0 Å². The molecule has 2 amide bonds. The Labute approximate surface area is 179 Å². The maximum Gasteiger partial charge on any atom is 0.248 e. The summed E-state index contributed by atoms with van der Waals surface area (Å²) in [4.78, 5) is 26.4. The number of aryl methyl sites for hydroxylation is 2. The van der Waals surface area contributed by atoms with Crippen LogP contribution in [0.3, 0.4) is 0 Å². The van der Waals surface area contributed by atoms with E-state index >= 15 is 0 Å². The van der Waals surface area contributed by atoms with Crippen LogP contribution >= 0.6 is 0 Å². The first-order valence-corrected chi connectivity index (χ1v) is 10.3. The van der Waals surface area contributed by atoms with Crippen molar-refractivity contribution in [2.24, 2.45) is 5.73 Å². The number of nitrogens with zero attached hydrogens (tertiary/aromatic N) is 1. The first kappa shape index (κ1) is 21.8. The van der Waals surface area contributed by atoms with Crippen molar-refractivity contribution in [1.29, 1.82) is 0 Å². The molecule has 5 heteroatoms. The van der Waals surface area contributed by atoms with E-state index in [9.17, 15) is 9.59 Å². The zero-order chi connectivity index (χ0) is 22.1. The Bertz CT molecular complexity index is 972. The summed E-state index contributed by atoms with van der Waals surface area (Å²) in [7, 11) is 4.04. The molecule has 5 nitrogen and oxygen atoms in total. The van der Waals surface area contributed by atoms with Gasteiger partial charge in [0.2, 0.25) is 11.8 Å². The van der Waals surface area contributed by atoms with E-state index in [1.54, 1.807) is 0 Å². The smallest absolute Gasteiger partial charge is 0.248 e. The third-order valence-corrected chi connectivity index (χ3v) is 6.18. The summed E-state index contributed by atoms with van der Waals surface area (Å²) in [5.41, 5.74) is 10.9. The largest absolute Gasteiger partial charge is 0.366 e. The number of carbonyl (C=O) groups is 2. The number of rotatable bonds is 8. The maximum atomic E-state index is 12.8. The molecule has 2 atom stereocenters. The molecule has 0 fully saturated rings. The van der Waals surface area contributed by atoms with Crippen LogP contribution < -0.4 is 11.1 Å². The van der Waals surface area contributed by atoms with Crippen LogP contribution in [0.1, 0.15) is 39.5 Å². The Balaban J connectivity index is 1.66. The Kier molecular flexibility index (Phi) is 6.13. The van der Waals surface area contributed by atoms with Crippen molar-refractivity contribution < 1.29 is 9.59 Å². The summed E-state index contributed by atoms with van der Waals surface area (Å²) < 4.78 is 0. The van der Waals surface area contributed by atoms with Crippen LogP contribution in [0.25, 0.3) is 0 Å². The molecule has 0 spiro atoms. The molecule has 158 valence electrons. The highest BCUT2D eigenvalue weighted by Gasteiger charge is 2.44. The third-order valence-electron chi connectivity index (χ3n) is 6.18. The lowest BCUT2D eigenvalue weighted by atomic mass is 9.92. The fraction of sp³-hybridized carbons (Fsp3) is 0.360. The van der Waals surface area contributed by atoms with Gasteiger partial charge in [0.25, 0.3) is 0 Å². The van der Waals surface area contributed by atoms with Gasteiger partial charge in [0.15, 0.2) is 0 Å². The molecular formula is C25H31N3O2. The first-order valence-electron chi connectivity index (χ1n) is 10.3. The van der Waals surface area contributed by atoms with E-state index in [4.69, 9.17) is 5.73 Å². The minimum absolute atomic E-state index is 0.00859. The van der Waals surface area contributed by atoms with E-state index in [-0.39, 0.29) is 17.4 Å². The predicted molar refractivity (Wildman–Crippen MR) is 120 cm³/mol. The van der Waals surface area contributed by atoms with Crippen LogP contribution in [0.5, 0.6) is 0 Å². The summed E-state index contributed by atoms with van der Waals surface area (Å²) in [5, 5.41) is 3.12. The van der Waals surface area contributed by atoms with Gasteiger partial charge in [0.1, 0.15) is 0 Å². The molecule has 1 aliphatic rings. The Hall–Kier alpha value is -2.92. The number of benzene rings is 2. The van der Waals surface area contributed by atoms with Crippen molar-refractivity contribution in [2.45, 2.75) is 38.6 Å². The van der Waals surface area contributed by atoms with Crippen molar-refractivity contribution in [3.63, 3.8) is 0 Å². The average molecular weight is 406 g/mol. The Morgan fingerprint density at radius 2 is 1.70 bits per heavy atom. The highest BCUT2D eigenvalue weighted by atomic mass is 16.2. The highest BCUT2D eigenvalue weighted by Crippen LogP contribution is 2.46. The molecule has 30 heavy (non-hydrogen) atoms. The number of allylic oxidation sites excluding steroid dienone is 1. The number of hydrogen-bond acceptors (Lipinski definition) is 3. The molecule has 0 saturated heterocycles. The molecule has 0 heterocycles. The number of nitrogens with one attached hydrogen (secondary N) is 1. The van der Waals surface area contributed by atoms with Gasteiger partial charge in [0.05, 0.1) is 0 Å². The molecule has 0 saturated carbocycles. The van der Waals surface area contributed by atoms with E-state index in [0.717, 1.165) is 28.7 Å². The van der Waals surface area contributed by atoms with Gasteiger partial charge in [-0.2, -0.15) is 0 Å². The Morgan fingerprint density at radius 1 is 1.10 bits per heavy atom. The highest BCUT2D eigenvalue weighted by molar-refractivity contribution is 6.02. The molecule has 0 aliphatic heterocycles. The van der Waals surface area contributed by atoms with E-state index in [0.29, 0.717) is 12.1 Å². The van der Waals surface area contributed by atoms with Crippen molar-refractivity contribution in [3.05, 3.63) is 81.9 Å². The van der Waals surface area contributed by atoms with Gasteiger partial charge in [-0.25, -0.2) is 0 Å². The average Bonchev–Trinajstić information content (AvgIpc) is 3.40. The fourth-order valence-corrected chi connectivity index (χ4v) is 4.01. The van der Waals surface area contributed by atoms with E-state index in [1.807, 2.05) is 64.4 Å². The van der Waals surface area contributed by atoms with Gasteiger partial charge < -0.3 is 16.0 Å². The number of primary amides is 1. The van der Waals surface area contributed by atoms with Crippen molar-refractivity contribution in [3.8, 4) is 0 Å². The molecule has 2 aromatic carbocycles. The van der Waals surface area contributed by atoms with Gasteiger partial charge in [-0.05, 0) is 75.7 Å². The zero-order valence-electron chi connectivity index (χ0n) is 18.5. The normalized spacial score (nSPS) is 18.7. The summed E-state index contributed by atoms with van der Waals surface area (Å²) in [6.45, 7) is 6.62. The van der Waals surface area contributed by atoms with Gasteiger partial charge in [-0.3, -0.25) is 9.59 Å². The van der Waals surface area contributed by atoms with Gasteiger partial charge in [-0.1, -0.05) is 36.4 Å². The lowest BCUT2D eigenvalue weighted by Gasteiger charge is -2.26. The van der Waals surface area contributed by atoms with E-state index < -0.39 is 5.91 Å². The van der Waals surface area contributed by atoms with E-state index in [2.05, 4.69) is 29.3 Å². The Morgan fingerprint density at radius 3 is 2.23 bits per heavy atom. The standard InChI is InChI=1S/C25H31N3O2/c1-16-11-18(23(26)29)12-17(2)21(16)13-20(28(4)5)15-27-24(30)22-14-25(22,3)19-9-7-6-8-10-19/h6-12,14,20H,13,15H2,1-5H3,(H2,26,29)(H,27,30)/t20-,25-/m0/s1. The topological polar surface area (TPSA) is 75.4 Å². The number of hydrogen-bond donors (Lipinski definition) is 2. The lowest BCUT2D eigenvalue weighted by molar-refractivity contribution is -0.117. The zero-order valence-corrected chi connectivity index (χ0v) is 18.5. The summed E-state index contributed by atoms with van der Waals surface area (Å²) in [6.07, 6.45) is 2.80. The molecule has 0 bridgehead atoms. The van der Waals surface area contributed by atoms with Crippen molar-refractivity contribution in [2.75, 3.05) is 20.6 Å². The predicted octanol–water partition coefficient (Wildman–Crippen LogP) is 2.89. The van der Waals surface area contributed by atoms with Gasteiger partial charge in [0, 0.05) is 29.1 Å². The lowest BCUT2D eigenvalue weighted by Crippen LogP contribution is -2.42. The number of carbonyl (C=O) groups excluding carboxylic acids is 2. The van der Waals surface area contributed by atoms with Gasteiger partial charge >= 0.3 is 0 Å².